The van der Waals surface area contributed by atoms with Gasteiger partial charge in [-0.3, -0.25) is 4.57 Å². The topological polar surface area (TPSA) is 35.5 Å². The maximum Gasteiger partial charge on any atom is 0.361 e. The summed E-state index contributed by atoms with van der Waals surface area (Å²) in [7, 11) is -3.23. The van der Waals surface area contributed by atoms with Crippen LogP contribution in [-0.4, -0.2) is 13.2 Å². The molecular formula is C23H37O3P. The van der Waals surface area contributed by atoms with Gasteiger partial charge in [-0.2, -0.15) is 0 Å². The van der Waals surface area contributed by atoms with Gasteiger partial charge in [-0.05, 0) is 43.7 Å². The Kier molecular flexibility index (Phi) is 8.43. The first kappa shape index (κ1) is 21.1. The highest BCUT2D eigenvalue weighted by molar-refractivity contribution is 7.62. The molecule has 0 N–H and O–H groups in total. The normalized spacial score (nSPS) is 20.0. The van der Waals surface area contributed by atoms with Gasteiger partial charge in [-0.15, -0.1) is 0 Å². The summed E-state index contributed by atoms with van der Waals surface area (Å²) in [6.45, 7) is 3.13. The van der Waals surface area contributed by atoms with Crippen LogP contribution in [0.4, 0.5) is 0 Å². The van der Waals surface area contributed by atoms with E-state index in [9.17, 15) is 4.57 Å². The van der Waals surface area contributed by atoms with Crippen LogP contribution in [0.5, 0.6) is 0 Å². The van der Waals surface area contributed by atoms with Crippen molar-refractivity contribution in [1.29, 1.82) is 0 Å². The zero-order valence-corrected chi connectivity index (χ0v) is 17.9. The summed E-state index contributed by atoms with van der Waals surface area (Å²) in [6, 6.07) is 7.82. The van der Waals surface area contributed by atoms with Crippen molar-refractivity contribution in [2.75, 3.05) is 13.2 Å². The van der Waals surface area contributed by atoms with Crippen molar-refractivity contribution < 1.29 is 13.6 Å². The molecule has 0 atom stereocenters. The van der Waals surface area contributed by atoms with Gasteiger partial charge in [0.2, 0.25) is 0 Å². The van der Waals surface area contributed by atoms with E-state index in [4.69, 9.17) is 9.05 Å². The Balaban J connectivity index is 1.55. The zero-order chi connectivity index (χ0) is 19.0. The van der Waals surface area contributed by atoms with Gasteiger partial charge < -0.3 is 9.05 Å². The van der Waals surface area contributed by atoms with E-state index in [0.717, 1.165) is 30.2 Å². The zero-order valence-electron chi connectivity index (χ0n) is 17.0. The standard InChI is InChI=1S/C23H37O3P/c1-20-12-14-23(15-13-20)27(24,25-18-16-21-8-4-2-5-9-21)26-19-17-22-10-6-3-7-11-22/h12-15,21-22H,2-11,16-19H2,1H3. The Hall–Kier alpha value is -0.630. The average molecular weight is 393 g/mol. The van der Waals surface area contributed by atoms with Crippen LogP contribution in [0.3, 0.4) is 0 Å². The van der Waals surface area contributed by atoms with E-state index < -0.39 is 7.60 Å². The molecule has 27 heavy (non-hydrogen) atoms. The first-order valence-electron chi connectivity index (χ1n) is 11.1. The van der Waals surface area contributed by atoms with Gasteiger partial charge in [0.15, 0.2) is 0 Å². The summed E-state index contributed by atoms with van der Waals surface area (Å²) in [4.78, 5) is 0. The molecule has 0 saturated heterocycles. The quantitative estimate of drug-likeness (QED) is 0.434. The third kappa shape index (κ3) is 6.73. The van der Waals surface area contributed by atoms with Crippen molar-refractivity contribution >= 4 is 12.9 Å². The summed E-state index contributed by atoms with van der Waals surface area (Å²) in [5, 5.41) is 0.709. The van der Waals surface area contributed by atoms with Crippen LogP contribution in [0.25, 0.3) is 0 Å². The molecule has 1 aromatic rings. The first-order chi connectivity index (χ1) is 13.2. The minimum Gasteiger partial charge on any atom is -0.305 e. The molecule has 152 valence electrons. The van der Waals surface area contributed by atoms with Crippen molar-refractivity contribution in [2.45, 2.75) is 84.0 Å². The molecule has 0 amide bonds. The van der Waals surface area contributed by atoms with Gasteiger partial charge in [-0.1, -0.05) is 81.9 Å². The predicted molar refractivity (Wildman–Crippen MR) is 113 cm³/mol. The van der Waals surface area contributed by atoms with E-state index >= 15 is 0 Å². The Morgan fingerprint density at radius 2 is 1.22 bits per heavy atom. The van der Waals surface area contributed by atoms with Crippen molar-refractivity contribution in [3.63, 3.8) is 0 Å². The fraction of sp³-hybridized carbons (Fsp3) is 0.739. The van der Waals surface area contributed by atoms with Gasteiger partial charge in [0, 0.05) is 0 Å². The van der Waals surface area contributed by atoms with Crippen molar-refractivity contribution in [2.24, 2.45) is 11.8 Å². The highest BCUT2D eigenvalue weighted by Gasteiger charge is 2.28. The molecular weight excluding hydrogens is 355 g/mol. The lowest BCUT2D eigenvalue weighted by atomic mass is 9.87. The Labute approximate surface area is 165 Å². The van der Waals surface area contributed by atoms with Crippen LogP contribution in [0, 0.1) is 18.8 Å². The number of hydrogen-bond donors (Lipinski definition) is 0. The van der Waals surface area contributed by atoms with Gasteiger partial charge in [0.1, 0.15) is 0 Å². The minimum absolute atomic E-state index is 0.541. The molecule has 0 radical (unpaired) electrons. The maximum absolute atomic E-state index is 13.6. The Morgan fingerprint density at radius 1 is 0.778 bits per heavy atom. The van der Waals surface area contributed by atoms with Gasteiger partial charge in [-0.25, -0.2) is 0 Å². The highest BCUT2D eigenvalue weighted by atomic mass is 31.2. The molecule has 2 fully saturated rings. The molecule has 2 aliphatic carbocycles. The summed E-state index contributed by atoms with van der Waals surface area (Å²) >= 11 is 0. The van der Waals surface area contributed by atoms with Crippen molar-refractivity contribution in [1.82, 2.24) is 0 Å². The van der Waals surface area contributed by atoms with Crippen LogP contribution in [0.1, 0.15) is 82.6 Å². The third-order valence-electron chi connectivity index (χ3n) is 6.37. The number of benzene rings is 1. The summed E-state index contributed by atoms with van der Waals surface area (Å²) < 4.78 is 25.5. The number of rotatable bonds is 9. The molecule has 0 bridgehead atoms. The van der Waals surface area contributed by atoms with Crippen LogP contribution in [0.2, 0.25) is 0 Å². The number of aryl methyl sites for hydroxylation is 1. The van der Waals surface area contributed by atoms with E-state index in [2.05, 4.69) is 0 Å². The average Bonchev–Trinajstić information content (AvgIpc) is 2.70. The largest absolute Gasteiger partial charge is 0.361 e. The summed E-state index contributed by atoms with van der Waals surface area (Å²) in [5.41, 5.74) is 1.16. The minimum atomic E-state index is -3.23. The molecule has 2 saturated carbocycles. The van der Waals surface area contributed by atoms with Gasteiger partial charge in [0.05, 0.1) is 18.5 Å². The van der Waals surface area contributed by atoms with Crippen LogP contribution in [0.15, 0.2) is 24.3 Å². The molecule has 1 aromatic carbocycles. The first-order valence-corrected chi connectivity index (χ1v) is 12.7. The summed E-state index contributed by atoms with van der Waals surface area (Å²) in [6.07, 6.45) is 15.2. The lowest BCUT2D eigenvalue weighted by Crippen LogP contribution is -2.16. The molecule has 3 rings (SSSR count). The van der Waals surface area contributed by atoms with E-state index in [-0.39, 0.29) is 0 Å². The molecule has 0 unspecified atom stereocenters. The number of hydrogen-bond acceptors (Lipinski definition) is 3. The second kappa shape index (κ2) is 10.8. The van der Waals surface area contributed by atoms with Crippen molar-refractivity contribution in [3.8, 4) is 0 Å². The third-order valence-corrected chi connectivity index (χ3v) is 8.35. The molecule has 0 aliphatic heterocycles. The lowest BCUT2D eigenvalue weighted by Gasteiger charge is -2.25. The van der Waals surface area contributed by atoms with Gasteiger partial charge >= 0.3 is 7.60 Å². The maximum atomic E-state index is 13.6. The molecule has 0 aromatic heterocycles. The highest BCUT2D eigenvalue weighted by Crippen LogP contribution is 2.48. The monoisotopic (exact) mass is 392 g/mol. The Morgan fingerprint density at radius 3 is 1.67 bits per heavy atom. The predicted octanol–water partition coefficient (Wildman–Crippen LogP) is 6.79. The van der Waals surface area contributed by atoms with Crippen molar-refractivity contribution in [3.05, 3.63) is 29.8 Å². The molecule has 0 spiro atoms. The van der Waals surface area contributed by atoms with Crippen LogP contribution >= 0.6 is 7.60 Å². The molecule has 4 heteroatoms. The SMILES string of the molecule is Cc1ccc(P(=O)(OCCC2CCCCC2)OCCC2CCCCC2)cc1. The van der Waals surface area contributed by atoms with Gasteiger partial charge in [0.25, 0.3) is 0 Å². The van der Waals surface area contributed by atoms with E-state index in [1.54, 1.807) is 0 Å². The van der Waals surface area contributed by atoms with Crippen LogP contribution < -0.4 is 5.30 Å². The second-order valence-corrected chi connectivity index (χ2v) is 10.6. The Bertz CT molecular complexity index is 558. The molecule has 3 nitrogen and oxygen atoms in total. The lowest BCUT2D eigenvalue weighted by molar-refractivity contribution is 0.178. The fourth-order valence-corrected chi connectivity index (χ4v) is 6.12. The molecule has 0 heterocycles. The summed E-state index contributed by atoms with van der Waals surface area (Å²) in [5.74, 6) is 1.46. The van der Waals surface area contributed by atoms with E-state index in [1.807, 2.05) is 31.2 Å². The fourth-order valence-electron chi connectivity index (χ4n) is 4.54. The van der Waals surface area contributed by atoms with Crippen LogP contribution in [-0.2, 0) is 13.6 Å². The van der Waals surface area contributed by atoms with E-state index in [1.165, 1.54) is 64.2 Å². The van der Waals surface area contributed by atoms with E-state index in [0.29, 0.717) is 18.5 Å². The smallest absolute Gasteiger partial charge is 0.305 e. The molecule has 2 aliphatic rings. The second-order valence-electron chi connectivity index (χ2n) is 8.58.